The summed E-state index contributed by atoms with van der Waals surface area (Å²) in [6, 6.07) is 20.8. The van der Waals surface area contributed by atoms with Gasteiger partial charge in [0.25, 0.3) is 0 Å². The number of amides is 4. The SMILES string of the molecule is CCCN1C(=O)[C@H]2[C@H](CC=C3[C@H]2C[C@H]2C(=O)N(c4cccc(Cl)c4)C(=O)[C@@]2(c2ccccc2)[C@H]3c2c(O)cccc2OC)C1=O. The lowest BCUT2D eigenvalue weighted by Gasteiger charge is -2.51. The Kier molecular flexibility index (Phi) is 7.08. The van der Waals surface area contributed by atoms with E-state index in [2.05, 4.69) is 0 Å². The molecule has 230 valence electrons. The molecular formula is C36H33ClN2O6. The molecule has 4 aliphatic rings. The number of aromatic hydroxyl groups is 1. The van der Waals surface area contributed by atoms with Crippen molar-refractivity contribution in [3.8, 4) is 11.5 Å². The van der Waals surface area contributed by atoms with E-state index in [0.29, 0.717) is 47.0 Å². The molecule has 45 heavy (non-hydrogen) atoms. The zero-order valence-corrected chi connectivity index (χ0v) is 25.7. The van der Waals surface area contributed by atoms with Crippen LogP contribution in [0.5, 0.6) is 11.5 Å². The van der Waals surface area contributed by atoms with E-state index in [1.165, 1.54) is 16.9 Å². The van der Waals surface area contributed by atoms with Gasteiger partial charge in [-0.2, -0.15) is 0 Å². The third-order valence-corrected chi connectivity index (χ3v) is 10.5. The van der Waals surface area contributed by atoms with E-state index in [4.69, 9.17) is 16.3 Å². The molecule has 3 fully saturated rings. The number of benzene rings is 3. The van der Waals surface area contributed by atoms with Gasteiger partial charge in [-0.1, -0.05) is 72.6 Å². The van der Waals surface area contributed by atoms with Gasteiger partial charge in [0.15, 0.2) is 0 Å². The maximum Gasteiger partial charge on any atom is 0.246 e. The number of methoxy groups -OCH3 is 1. The van der Waals surface area contributed by atoms with Crippen LogP contribution in [-0.4, -0.2) is 47.3 Å². The van der Waals surface area contributed by atoms with Crippen molar-refractivity contribution in [2.45, 2.75) is 37.5 Å². The minimum atomic E-state index is -1.49. The molecule has 4 amide bonds. The first-order valence-corrected chi connectivity index (χ1v) is 15.7. The summed E-state index contributed by atoms with van der Waals surface area (Å²) in [7, 11) is 1.50. The summed E-state index contributed by atoms with van der Waals surface area (Å²) >= 11 is 6.36. The van der Waals surface area contributed by atoms with Crippen LogP contribution in [-0.2, 0) is 24.6 Å². The highest BCUT2D eigenvalue weighted by Gasteiger charge is 2.70. The Labute approximate surface area is 266 Å². The summed E-state index contributed by atoms with van der Waals surface area (Å²) in [6.07, 6.45) is 3.13. The van der Waals surface area contributed by atoms with Crippen LogP contribution in [0.4, 0.5) is 5.69 Å². The van der Waals surface area contributed by atoms with Crippen LogP contribution in [0.25, 0.3) is 0 Å². The van der Waals surface area contributed by atoms with Crippen molar-refractivity contribution in [2.24, 2.45) is 23.7 Å². The van der Waals surface area contributed by atoms with Crippen molar-refractivity contribution >= 4 is 40.9 Å². The van der Waals surface area contributed by atoms with Crippen molar-refractivity contribution < 1.29 is 29.0 Å². The Bertz CT molecular complexity index is 1770. The lowest BCUT2D eigenvalue weighted by Crippen LogP contribution is -2.53. The van der Waals surface area contributed by atoms with Gasteiger partial charge in [0.05, 0.1) is 36.0 Å². The van der Waals surface area contributed by atoms with Crippen molar-refractivity contribution in [2.75, 3.05) is 18.6 Å². The van der Waals surface area contributed by atoms with Gasteiger partial charge in [0, 0.05) is 23.0 Å². The average molecular weight is 625 g/mol. The smallest absolute Gasteiger partial charge is 0.246 e. The van der Waals surface area contributed by atoms with E-state index in [0.717, 1.165) is 5.57 Å². The second-order valence-corrected chi connectivity index (χ2v) is 12.8. The topological polar surface area (TPSA) is 104 Å². The minimum absolute atomic E-state index is 0.0834. The lowest BCUT2D eigenvalue weighted by atomic mass is 9.49. The fraction of sp³-hybridized carbons (Fsp3) is 0.333. The summed E-state index contributed by atoms with van der Waals surface area (Å²) < 4.78 is 5.81. The van der Waals surface area contributed by atoms with E-state index in [1.54, 1.807) is 42.5 Å². The molecule has 0 aromatic heterocycles. The van der Waals surface area contributed by atoms with Crippen LogP contribution < -0.4 is 9.64 Å². The summed E-state index contributed by atoms with van der Waals surface area (Å²) in [5.74, 6) is -4.48. The molecule has 0 unspecified atom stereocenters. The number of hydrogen-bond donors (Lipinski definition) is 1. The Balaban J connectivity index is 1.53. The van der Waals surface area contributed by atoms with Crippen LogP contribution in [0.3, 0.4) is 0 Å². The Morgan fingerprint density at radius 2 is 1.69 bits per heavy atom. The van der Waals surface area contributed by atoms with Crippen LogP contribution >= 0.6 is 11.6 Å². The fourth-order valence-corrected chi connectivity index (χ4v) is 8.75. The number of fused-ring (bicyclic) bond motifs is 4. The summed E-state index contributed by atoms with van der Waals surface area (Å²) in [6.45, 7) is 2.26. The number of nitrogens with zero attached hydrogens (tertiary/aromatic N) is 2. The number of allylic oxidation sites excluding steroid dienone is 2. The second-order valence-electron chi connectivity index (χ2n) is 12.3. The number of imide groups is 2. The number of phenolic OH excluding ortho intramolecular Hbond substituents is 1. The van der Waals surface area contributed by atoms with E-state index >= 15 is 4.79 Å². The fourth-order valence-electron chi connectivity index (χ4n) is 8.57. The maximum absolute atomic E-state index is 15.2. The van der Waals surface area contributed by atoms with Gasteiger partial charge in [0.1, 0.15) is 11.5 Å². The zero-order chi connectivity index (χ0) is 31.6. The molecule has 2 aliphatic carbocycles. The molecular weight excluding hydrogens is 592 g/mol. The molecule has 3 aromatic rings. The third kappa shape index (κ3) is 4.04. The Morgan fingerprint density at radius 3 is 2.40 bits per heavy atom. The first-order valence-electron chi connectivity index (χ1n) is 15.4. The van der Waals surface area contributed by atoms with Gasteiger partial charge >= 0.3 is 0 Å². The Morgan fingerprint density at radius 1 is 0.933 bits per heavy atom. The van der Waals surface area contributed by atoms with Crippen molar-refractivity contribution in [3.05, 3.63) is 101 Å². The van der Waals surface area contributed by atoms with Gasteiger partial charge in [0.2, 0.25) is 23.6 Å². The number of ether oxygens (including phenoxy) is 1. The Hall–Kier alpha value is -4.43. The summed E-state index contributed by atoms with van der Waals surface area (Å²) in [5.41, 5.74) is 0.623. The van der Waals surface area contributed by atoms with Crippen LogP contribution in [0.1, 0.15) is 43.2 Å². The number of likely N-dealkylation sites (tertiary alicyclic amines) is 1. The van der Waals surface area contributed by atoms with Gasteiger partial charge in [-0.25, -0.2) is 4.90 Å². The molecule has 7 rings (SSSR count). The standard InChI is InChI=1S/C36H33ClN2O6/c1-3-17-38-32(41)24-16-15-23-25(29(24)34(38)43)19-26-33(42)39(22-12-7-11-21(37)18-22)35(44)36(26,20-9-5-4-6-10-20)31(23)30-27(40)13-8-14-28(30)45-2/h4-15,18,24-26,29,31,40H,3,16-17,19H2,1-2H3/t24-,25+,26-,29-,31+,36+/m0/s1. The normalized spacial score (nSPS) is 29.0. The largest absolute Gasteiger partial charge is 0.508 e. The molecule has 0 spiro atoms. The third-order valence-electron chi connectivity index (χ3n) is 10.3. The molecule has 6 atom stereocenters. The quantitative estimate of drug-likeness (QED) is 0.282. The number of anilines is 1. The van der Waals surface area contributed by atoms with E-state index in [-0.39, 0.29) is 24.0 Å². The van der Waals surface area contributed by atoms with E-state index in [9.17, 15) is 19.5 Å². The molecule has 0 bridgehead atoms. The highest BCUT2D eigenvalue weighted by molar-refractivity contribution is 6.32. The first kappa shape index (κ1) is 29.3. The summed E-state index contributed by atoms with van der Waals surface area (Å²) in [4.78, 5) is 60.0. The molecule has 1 saturated carbocycles. The van der Waals surface area contributed by atoms with Crippen LogP contribution in [0.2, 0.25) is 5.02 Å². The number of phenols is 1. The van der Waals surface area contributed by atoms with Crippen LogP contribution in [0, 0.1) is 23.7 Å². The number of carbonyl (C=O) groups is 4. The highest BCUT2D eigenvalue weighted by Crippen LogP contribution is 2.66. The van der Waals surface area contributed by atoms with Gasteiger partial charge in [-0.3, -0.25) is 24.1 Å². The molecule has 9 heteroatoms. The lowest BCUT2D eigenvalue weighted by molar-refractivity contribution is -0.140. The molecule has 8 nitrogen and oxygen atoms in total. The monoisotopic (exact) mass is 624 g/mol. The molecule has 3 aromatic carbocycles. The second kappa shape index (κ2) is 10.9. The van der Waals surface area contributed by atoms with Gasteiger partial charge < -0.3 is 9.84 Å². The number of rotatable bonds is 6. The number of hydrogen-bond acceptors (Lipinski definition) is 6. The molecule has 0 radical (unpaired) electrons. The van der Waals surface area contributed by atoms with E-state index < -0.39 is 46.8 Å². The van der Waals surface area contributed by atoms with Gasteiger partial charge in [-0.05, 0) is 61.1 Å². The van der Waals surface area contributed by atoms with Crippen LogP contribution in [0.15, 0.2) is 84.4 Å². The molecule has 1 N–H and O–H groups in total. The molecule has 2 heterocycles. The minimum Gasteiger partial charge on any atom is -0.508 e. The predicted molar refractivity (Wildman–Crippen MR) is 168 cm³/mol. The maximum atomic E-state index is 15.2. The molecule has 2 saturated heterocycles. The van der Waals surface area contributed by atoms with Crippen molar-refractivity contribution in [1.29, 1.82) is 0 Å². The predicted octanol–water partition coefficient (Wildman–Crippen LogP) is 5.63. The molecule has 2 aliphatic heterocycles. The average Bonchev–Trinajstić information content (AvgIpc) is 3.42. The van der Waals surface area contributed by atoms with E-state index in [1.807, 2.05) is 43.3 Å². The number of halogens is 1. The zero-order valence-electron chi connectivity index (χ0n) is 25.0. The first-order chi connectivity index (χ1) is 21.7. The summed E-state index contributed by atoms with van der Waals surface area (Å²) in [5, 5.41) is 11.9. The van der Waals surface area contributed by atoms with Crippen molar-refractivity contribution in [1.82, 2.24) is 4.90 Å². The number of carbonyl (C=O) groups excluding carboxylic acids is 4. The van der Waals surface area contributed by atoms with Crippen molar-refractivity contribution in [3.63, 3.8) is 0 Å². The van der Waals surface area contributed by atoms with Gasteiger partial charge in [-0.15, -0.1) is 0 Å². The highest BCUT2D eigenvalue weighted by atomic mass is 35.5.